The summed E-state index contributed by atoms with van der Waals surface area (Å²) >= 11 is 0. The Balaban J connectivity index is 1.75. The topological polar surface area (TPSA) is 26.7 Å². The van der Waals surface area contributed by atoms with Gasteiger partial charge in [-0.15, -0.1) is 0 Å². The van der Waals surface area contributed by atoms with Crippen molar-refractivity contribution in [2.45, 2.75) is 52.2 Å². The van der Waals surface area contributed by atoms with Gasteiger partial charge in [0.1, 0.15) is 0 Å². The van der Waals surface area contributed by atoms with Crippen LogP contribution >= 0.6 is 0 Å². The minimum absolute atomic E-state index is 0.220. The molecule has 1 aromatic rings. The first kappa shape index (κ1) is 17.5. The second-order valence-electron chi connectivity index (χ2n) is 6.80. The number of β-amino-alcohol motifs (C(OH)–C–C–N with tert-alkyl or cyclic N) is 1. The third-order valence-corrected chi connectivity index (χ3v) is 4.68. The molecule has 1 aliphatic heterocycles. The van der Waals surface area contributed by atoms with Crippen molar-refractivity contribution in [1.82, 2.24) is 9.80 Å². The fraction of sp³-hybridized carbons (Fsp3) is 0.684. The molecule has 3 heteroatoms. The van der Waals surface area contributed by atoms with Crippen LogP contribution in [0.25, 0.3) is 0 Å². The molecule has 0 amide bonds. The second kappa shape index (κ2) is 8.66. The molecule has 0 bridgehead atoms. The summed E-state index contributed by atoms with van der Waals surface area (Å²) in [6, 6.07) is 9.46. The highest BCUT2D eigenvalue weighted by Gasteiger charge is 2.25. The zero-order valence-corrected chi connectivity index (χ0v) is 14.5. The molecule has 0 aliphatic carbocycles. The molecule has 22 heavy (non-hydrogen) atoms. The third-order valence-electron chi connectivity index (χ3n) is 4.68. The van der Waals surface area contributed by atoms with E-state index in [2.05, 4.69) is 47.9 Å². The maximum absolute atomic E-state index is 9.62. The Morgan fingerprint density at radius 3 is 2.82 bits per heavy atom. The van der Waals surface area contributed by atoms with Gasteiger partial charge in [0, 0.05) is 32.2 Å². The van der Waals surface area contributed by atoms with Gasteiger partial charge in [0.2, 0.25) is 0 Å². The van der Waals surface area contributed by atoms with Gasteiger partial charge in [-0.25, -0.2) is 0 Å². The fourth-order valence-corrected chi connectivity index (χ4v) is 3.50. The smallest absolute Gasteiger partial charge is 0.0639 e. The molecule has 2 unspecified atom stereocenters. The minimum Gasteiger partial charge on any atom is -0.392 e. The Bertz CT molecular complexity index is 447. The number of aliphatic hydroxyl groups is 1. The van der Waals surface area contributed by atoms with Gasteiger partial charge in [-0.1, -0.05) is 36.8 Å². The van der Waals surface area contributed by atoms with Crippen molar-refractivity contribution < 1.29 is 5.11 Å². The maximum atomic E-state index is 9.62. The van der Waals surface area contributed by atoms with Gasteiger partial charge < -0.3 is 10.0 Å². The zero-order chi connectivity index (χ0) is 15.9. The summed E-state index contributed by atoms with van der Waals surface area (Å²) in [7, 11) is 0. The number of aliphatic hydroxyl groups excluding tert-OH is 1. The van der Waals surface area contributed by atoms with E-state index < -0.39 is 0 Å². The van der Waals surface area contributed by atoms with E-state index in [1.807, 2.05) is 6.92 Å². The molecule has 0 aromatic heterocycles. The van der Waals surface area contributed by atoms with E-state index in [9.17, 15) is 5.11 Å². The highest BCUT2D eigenvalue weighted by atomic mass is 16.3. The number of piperazine rings is 1. The Morgan fingerprint density at radius 2 is 2.14 bits per heavy atom. The monoisotopic (exact) mass is 304 g/mol. The highest BCUT2D eigenvalue weighted by molar-refractivity contribution is 5.22. The summed E-state index contributed by atoms with van der Waals surface area (Å²) in [4.78, 5) is 5.06. The lowest BCUT2D eigenvalue weighted by molar-refractivity contribution is 0.0363. The van der Waals surface area contributed by atoms with Crippen LogP contribution in [0.1, 0.15) is 37.8 Å². The van der Waals surface area contributed by atoms with Crippen molar-refractivity contribution in [3.05, 3.63) is 35.4 Å². The van der Waals surface area contributed by atoms with Gasteiger partial charge in [0.05, 0.1) is 6.10 Å². The summed E-state index contributed by atoms with van der Waals surface area (Å²) in [5.41, 5.74) is 2.81. The molecule has 124 valence electrons. The van der Waals surface area contributed by atoms with Crippen molar-refractivity contribution in [1.29, 1.82) is 0 Å². The first-order valence-electron chi connectivity index (χ1n) is 8.78. The van der Waals surface area contributed by atoms with Crippen molar-refractivity contribution in [2.24, 2.45) is 0 Å². The maximum Gasteiger partial charge on any atom is 0.0639 e. The van der Waals surface area contributed by atoms with E-state index >= 15 is 0 Å². The Kier molecular flexibility index (Phi) is 6.87. The normalized spacial score (nSPS) is 21.9. The predicted octanol–water partition coefficient (Wildman–Crippen LogP) is 2.70. The average Bonchev–Trinajstić information content (AvgIpc) is 2.48. The Labute approximate surface area is 135 Å². The first-order chi connectivity index (χ1) is 10.6. The van der Waals surface area contributed by atoms with Crippen LogP contribution in [0.3, 0.4) is 0 Å². The molecule has 1 saturated heterocycles. The van der Waals surface area contributed by atoms with Crippen molar-refractivity contribution >= 4 is 0 Å². The van der Waals surface area contributed by atoms with Crippen LogP contribution < -0.4 is 0 Å². The standard InChI is InChI=1S/C19H32N2O/c1-4-19-15-20(11-12-21(19)14-17(3)22)10-6-9-18-8-5-7-16(2)13-18/h5,7-8,13,17,19,22H,4,6,9-12,14-15H2,1-3H3. The molecule has 0 saturated carbocycles. The molecule has 0 spiro atoms. The summed E-state index contributed by atoms with van der Waals surface area (Å²) in [5, 5.41) is 9.62. The van der Waals surface area contributed by atoms with Crippen molar-refractivity contribution in [2.75, 3.05) is 32.7 Å². The summed E-state index contributed by atoms with van der Waals surface area (Å²) < 4.78 is 0. The number of rotatable bonds is 7. The van der Waals surface area contributed by atoms with Crippen LogP contribution in [0.4, 0.5) is 0 Å². The van der Waals surface area contributed by atoms with Crippen LogP contribution in [0, 0.1) is 6.92 Å². The van der Waals surface area contributed by atoms with Gasteiger partial charge >= 0.3 is 0 Å². The van der Waals surface area contributed by atoms with Gasteiger partial charge in [0.25, 0.3) is 0 Å². The molecule has 3 nitrogen and oxygen atoms in total. The molecule has 2 rings (SSSR count). The molecule has 2 atom stereocenters. The number of hydrogen-bond donors (Lipinski definition) is 1. The van der Waals surface area contributed by atoms with Crippen LogP contribution in [-0.4, -0.2) is 59.8 Å². The Morgan fingerprint density at radius 1 is 1.32 bits per heavy atom. The lowest BCUT2D eigenvalue weighted by atomic mass is 10.1. The van der Waals surface area contributed by atoms with Crippen LogP contribution in [0.5, 0.6) is 0 Å². The lowest BCUT2D eigenvalue weighted by Crippen LogP contribution is -2.54. The molecule has 1 fully saturated rings. The molecule has 1 aliphatic rings. The highest BCUT2D eigenvalue weighted by Crippen LogP contribution is 2.14. The van der Waals surface area contributed by atoms with Gasteiger partial charge in [-0.3, -0.25) is 4.90 Å². The third kappa shape index (κ3) is 5.38. The molecule has 1 N–H and O–H groups in total. The van der Waals surface area contributed by atoms with Gasteiger partial charge in [-0.2, -0.15) is 0 Å². The molecule has 0 radical (unpaired) electrons. The van der Waals surface area contributed by atoms with Gasteiger partial charge in [-0.05, 0) is 45.2 Å². The number of nitrogens with zero attached hydrogens (tertiary/aromatic N) is 2. The molecular formula is C19H32N2O. The summed E-state index contributed by atoms with van der Waals surface area (Å²) in [5.74, 6) is 0. The quantitative estimate of drug-likeness (QED) is 0.839. The summed E-state index contributed by atoms with van der Waals surface area (Å²) in [6.07, 6.45) is 3.35. The molecule has 1 aromatic carbocycles. The zero-order valence-electron chi connectivity index (χ0n) is 14.5. The average molecular weight is 304 g/mol. The first-order valence-corrected chi connectivity index (χ1v) is 8.78. The summed E-state index contributed by atoms with van der Waals surface area (Å²) in [6.45, 7) is 11.7. The van der Waals surface area contributed by atoms with E-state index in [0.29, 0.717) is 6.04 Å². The van der Waals surface area contributed by atoms with Gasteiger partial charge in [0.15, 0.2) is 0 Å². The van der Waals surface area contributed by atoms with E-state index in [0.717, 1.165) is 26.2 Å². The van der Waals surface area contributed by atoms with Crippen molar-refractivity contribution in [3.63, 3.8) is 0 Å². The minimum atomic E-state index is -0.220. The lowest BCUT2D eigenvalue weighted by Gasteiger charge is -2.41. The number of aryl methyl sites for hydroxylation is 2. The number of benzene rings is 1. The van der Waals surface area contributed by atoms with Crippen LogP contribution in [0.2, 0.25) is 0 Å². The van der Waals surface area contributed by atoms with E-state index in [1.54, 1.807) is 0 Å². The van der Waals surface area contributed by atoms with Crippen LogP contribution in [-0.2, 0) is 6.42 Å². The van der Waals surface area contributed by atoms with E-state index in [-0.39, 0.29) is 6.10 Å². The fourth-order valence-electron chi connectivity index (χ4n) is 3.50. The van der Waals surface area contributed by atoms with Crippen molar-refractivity contribution in [3.8, 4) is 0 Å². The molecule has 1 heterocycles. The number of hydrogen-bond acceptors (Lipinski definition) is 3. The predicted molar refractivity (Wildman–Crippen MR) is 93.3 cm³/mol. The van der Waals surface area contributed by atoms with E-state index in [1.165, 1.54) is 36.9 Å². The Hall–Kier alpha value is -0.900. The molecular weight excluding hydrogens is 272 g/mol. The second-order valence-corrected chi connectivity index (χ2v) is 6.80. The largest absolute Gasteiger partial charge is 0.392 e. The SMILES string of the molecule is CCC1CN(CCCc2cccc(C)c2)CCN1CC(C)O. The van der Waals surface area contributed by atoms with E-state index in [4.69, 9.17) is 0 Å². The van der Waals surface area contributed by atoms with Crippen LogP contribution in [0.15, 0.2) is 24.3 Å².